The van der Waals surface area contributed by atoms with Crippen molar-refractivity contribution in [3.63, 3.8) is 0 Å². The molecule has 1 aromatic heterocycles. The van der Waals surface area contributed by atoms with Crippen LogP contribution >= 0.6 is 38.5 Å². The van der Waals surface area contributed by atoms with E-state index in [1.54, 1.807) is 0 Å². The number of halogens is 2. The van der Waals surface area contributed by atoms with E-state index in [1.807, 2.05) is 42.5 Å². The highest BCUT2D eigenvalue weighted by molar-refractivity contribution is 14.1. The number of rotatable bonds is 3. The minimum Gasteiger partial charge on any atom is -0.345 e. The third-order valence-electron chi connectivity index (χ3n) is 3.03. The zero-order valence-electron chi connectivity index (χ0n) is 10.9. The molecule has 0 aliphatic carbocycles. The van der Waals surface area contributed by atoms with Gasteiger partial charge in [-0.2, -0.15) is 0 Å². The van der Waals surface area contributed by atoms with Crippen LogP contribution in [-0.4, -0.2) is 15.9 Å². The van der Waals surface area contributed by atoms with Gasteiger partial charge in [-0.05, 0) is 52.9 Å². The van der Waals surface area contributed by atoms with Crippen LogP contribution in [0.3, 0.4) is 0 Å². The summed E-state index contributed by atoms with van der Waals surface area (Å²) in [5, 5.41) is 2.89. The third kappa shape index (κ3) is 3.26. The topological polar surface area (TPSA) is 57.8 Å². The summed E-state index contributed by atoms with van der Waals surface area (Å²) in [5.41, 5.74) is 2.53. The van der Waals surface area contributed by atoms with E-state index < -0.39 is 0 Å². The van der Waals surface area contributed by atoms with Crippen molar-refractivity contribution in [2.75, 3.05) is 0 Å². The monoisotopic (exact) mass is 455 g/mol. The maximum atomic E-state index is 12.2. The van der Waals surface area contributed by atoms with Crippen molar-refractivity contribution >= 4 is 55.5 Å². The number of hydrogen-bond acceptors (Lipinski definition) is 2. The lowest BCUT2D eigenvalue weighted by Gasteiger charge is -2.06. The van der Waals surface area contributed by atoms with Crippen LogP contribution in [0.2, 0.25) is 0 Å². The number of para-hydroxylation sites is 2. The molecule has 0 saturated heterocycles. The van der Waals surface area contributed by atoms with Crippen molar-refractivity contribution in [2.24, 2.45) is 0 Å². The molecule has 3 aromatic rings. The fraction of sp³-hybridized carbons (Fsp3) is 0.0667. The maximum Gasteiger partial charge on any atom is 0.252 e. The van der Waals surface area contributed by atoms with Gasteiger partial charge in [0.05, 0.1) is 23.1 Å². The summed E-state index contributed by atoms with van der Waals surface area (Å²) in [6, 6.07) is 13.4. The Morgan fingerprint density at radius 2 is 2.10 bits per heavy atom. The predicted molar refractivity (Wildman–Crippen MR) is 94.1 cm³/mol. The van der Waals surface area contributed by atoms with Crippen LogP contribution in [-0.2, 0) is 6.54 Å². The van der Waals surface area contributed by atoms with Crippen LogP contribution in [0.1, 0.15) is 16.2 Å². The Kier molecular flexibility index (Phi) is 4.25. The summed E-state index contributed by atoms with van der Waals surface area (Å²) in [7, 11) is 0. The molecule has 0 unspecified atom stereocenters. The molecular weight excluding hydrogens is 445 g/mol. The average molecular weight is 456 g/mol. The molecule has 1 heterocycles. The number of nitrogens with one attached hydrogen (secondary N) is 2. The molecule has 0 radical (unpaired) electrons. The van der Waals surface area contributed by atoms with Gasteiger partial charge >= 0.3 is 0 Å². The van der Waals surface area contributed by atoms with E-state index in [-0.39, 0.29) is 5.91 Å². The molecule has 3 rings (SSSR count). The van der Waals surface area contributed by atoms with Crippen molar-refractivity contribution in [3.8, 4) is 0 Å². The van der Waals surface area contributed by atoms with Gasteiger partial charge < -0.3 is 10.3 Å². The van der Waals surface area contributed by atoms with Crippen LogP contribution in [0.25, 0.3) is 11.0 Å². The van der Waals surface area contributed by atoms with E-state index in [0.29, 0.717) is 12.1 Å². The molecule has 6 heteroatoms. The molecule has 0 bridgehead atoms. The van der Waals surface area contributed by atoms with Crippen molar-refractivity contribution in [1.82, 2.24) is 15.3 Å². The zero-order valence-corrected chi connectivity index (χ0v) is 14.6. The van der Waals surface area contributed by atoms with Gasteiger partial charge in [-0.3, -0.25) is 4.79 Å². The van der Waals surface area contributed by atoms with E-state index in [1.165, 1.54) is 0 Å². The summed E-state index contributed by atoms with van der Waals surface area (Å²) in [6.07, 6.45) is 0. The highest BCUT2D eigenvalue weighted by atomic mass is 127. The van der Waals surface area contributed by atoms with Crippen molar-refractivity contribution in [1.29, 1.82) is 0 Å². The van der Waals surface area contributed by atoms with Crippen molar-refractivity contribution in [2.45, 2.75) is 6.54 Å². The number of aromatic amines is 1. The molecule has 21 heavy (non-hydrogen) atoms. The first kappa shape index (κ1) is 14.5. The lowest BCUT2D eigenvalue weighted by atomic mass is 10.2. The van der Waals surface area contributed by atoms with Gasteiger partial charge in [0.25, 0.3) is 5.91 Å². The molecular formula is C15H11BrIN3O. The Morgan fingerprint density at radius 3 is 2.90 bits per heavy atom. The number of nitrogens with zero attached hydrogens (tertiary/aromatic N) is 1. The van der Waals surface area contributed by atoms with E-state index in [0.717, 1.165) is 24.9 Å². The molecule has 0 fully saturated rings. The first-order chi connectivity index (χ1) is 10.1. The smallest absolute Gasteiger partial charge is 0.252 e. The standard InChI is InChI=1S/C15H11BrIN3O/c16-9-5-6-11(17)10(7-9)15(21)18-8-14-19-12-3-1-2-4-13(12)20-14/h1-7H,8H2,(H,18,21)(H,19,20). The number of aromatic nitrogens is 2. The third-order valence-corrected chi connectivity index (χ3v) is 4.46. The van der Waals surface area contributed by atoms with Gasteiger partial charge in [-0.15, -0.1) is 0 Å². The van der Waals surface area contributed by atoms with Gasteiger partial charge in [0.2, 0.25) is 0 Å². The lowest BCUT2D eigenvalue weighted by Crippen LogP contribution is -2.24. The van der Waals surface area contributed by atoms with Crippen LogP contribution in [0.15, 0.2) is 46.9 Å². The second-order valence-electron chi connectivity index (χ2n) is 4.51. The van der Waals surface area contributed by atoms with Crippen LogP contribution in [0.4, 0.5) is 0 Å². The SMILES string of the molecule is O=C(NCc1nc2ccccc2[nH]1)c1cc(Br)ccc1I. The molecule has 106 valence electrons. The summed E-state index contributed by atoms with van der Waals surface area (Å²) in [5.74, 6) is 0.635. The van der Waals surface area contributed by atoms with E-state index in [4.69, 9.17) is 0 Å². The summed E-state index contributed by atoms with van der Waals surface area (Å²) < 4.78 is 1.80. The molecule has 0 spiro atoms. The fourth-order valence-corrected chi connectivity index (χ4v) is 2.96. The molecule has 4 nitrogen and oxygen atoms in total. The van der Waals surface area contributed by atoms with Crippen LogP contribution in [0, 0.1) is 3.57 Å². The number of H-pyrrole nitrogens is 1. The molecule has 0 atom stereocenters. The van der Waals surface area contributed by atoms with Crippen LogP contribution < -0.4 is 5.32 Å². The first-order valence-corrected chi connectivity index (χ1v) is 8.17. The minimum atomic E-state index is -0.110. The molecule has 0 aliphatic heterocycles. The number of benzene rings is 2. The Bertz CT molecular complexity index is 783. The number of carbonyl (C=O) groups excluding carboxylic acids is 1. The quantitative estimate of drug-likeness (QED) is 0.589. The van der Waals surface area contributed by atoms with Crippen LogP contribution in [0.5, 0.6) is 0 Å². The molecule has 1 amide bonds. The number of hydrogen-bond donors (Lipinski definition) is 2. The van der Waals surface area contributed by atoms with E-state index >= 15 is 0 Å². The van der Waals surface area contributed by atoms with E-state index in [9.17, 15) is 4.79 Å². The van der Waals surface area contributed by atoms with Crippen molar-refractivity contribution in [3.05, 3.63) is 61.9 Å². The second kappa shape index (κ2) is 6.15. The first-order valence-electron chi connectivity index (χ1n) is 6.30. The molecule has 2 aromatic carbocycles. The predicted octanol–water partition coefficient (Wildman–Crippen LogP) is 3.86. The summed E-state index contributed by atoms with van der Waals surface area (Å²) in [4.78, 5) is 19.9. The van der Waals surface area contributed by atoms with Crippen molar-refractivity contribution < 1.29 is 4.79 Å². The maximum absolute atomic E-state index is 12.2. The Morgan fingerprint density at radius 1 is 1.29 bits per heavy atom. The Hall–Kier alpha value is -1.41. The highest BCUT2D eigenvalue weighted by Gasteiger charge is 2.11. The van der Waals surface area contributed by atoms with Gasteiger partial charge in [0, 0.05) is 8.04 Å². The highest BCUT2D eigenvalue weighted by Crippen LogP contribution is 2.18. The summed E-state index contributed by atoms with van der Waals surface area (Å²) >= 11 is 5.54. The second-order valence-corrected chi connectivity index (χ2v) is 6.59. The average Bonchev–Trinajstić information content (AvgIpc) is 2.90. The molecule has 2 N–H and O–H groups in total. The lowest BCUT2D eigenvalue weighted by molar-refractivity contribution is 0.0949. The number of amides is 1. The van der Waals surface area contributed by atoms with E-state index in [2.05, 4.69) is 53.8 Å². The number of fused-ring (bicyclic) bond motifs is 1. The molecule has 0 aliphatic rings. The normalized spacial score (nSPS) is 10.8. The zero-order chi connectivity index (χ0) is 14.8. The Balaban J connectivity index is 1.74. The Labute approximate surface area is 143 Å². The number of imidazole rings is 1. The minimum absolute atomic E-state index is 0.110. The molecule has 0 saturated carbocycles. The summed E-state index contributed by atoms with van der Waals surface area (Å²) in [6.45, 7) is 0.371. The van der Waals surface area contributed by atoms with Gasteiger partial charge in [-0.25, -0.2) is 4.98 Å². The number of carbonyl (C=O) groups is 1. The van der Waals surface area contributed by atoms with Gasteiger partial charge in [-0.1, -0.05) is 28.1 Å². The van der Waals surface area contributed by atoms with Gasteiger partial charge in [0.1, 0.15) is 5.82 Å². The van der Waals surface area contributed by atoms with Gasteiger partial charge in [0.15, 0.2) is 0 Å². The fourth-order valence-electron chi connectivity index (χ4n) is 2.02. The largest absolute Gasteiger partial charge is 0.345 e.